The van der Waals surface area contributed by atoms with Crippen molar-refractivity contribution in [1.29, 1.82) is 0 Å². The molecule has 2 aromatic rings. The molecule has 2 N–H and O–H groups in total. The number of benzene rings is 2. The molecule has 0 heterocycles. The summed E-state index contributed by atoms with van der Waals surface area (Å²) < 4.78 is 23.4. The molecule has 2 rings (SSSR count). The van der Waals surface area contributed by atoms with Crippen LogP contribution in [0.2, 0.25) is 0 Å². The lowest BCUT2D eigenvalue weighted by Gasteiger charge is -2.11. The molecule has 0 unspecified atom stereocenters. The van der Waals surface area contributed by atoms with Crippen molar-refractivity contribution in [2.24, 2.45) is 5.73 Å². The molecular weight excluding hydrogens is 261 g/mol. The first-order chi connectivity index (χ1) is 9.60. The smallest absolute Gasteiger partial charge is 0.252 e. The molecule has 0 saturated heterocycles. The molecule has 0 fully saturated rings. The van der Waals surface area contributed by atoms with Gasteiger partial charge < -0.3 is 15.2 Å². The van der Waals surface area contributed by atoms with Crippen LogP contribution in [0, 0.1) is 5.82 Å². The Labute approximate surface area is 115 Å². The predicted octanol–water partition coefficient (Wildman–Crippen LogP) is 2.51. The van der Waals surface area contributed by atoms with E-state index in [0.29, 0.717) is 11.5 Å². The number of amides is 1. The Hall–Kier alpha value is -2.56. The van der Waals surface area contributed by atoms with Gasteiger partial charge in [-0.1, -0.05) is 12.1 Å². The zero-order valence-electron chi connectivity index (χ0n) is 10.9. The van der Waals surface area contributed by atoms with Crippen molar-refractivity contribution in [1.82, 2.24) is 0 Å². The summed E-state index contributed by atoms with van der Waals surface area (Å²) in [6.07, 6.45) is 0. The van der Waals surface area contributed by atoms with Gasteiger partial charge in [0.15, 0.2) is 0 Å². The van der Waals surface area contributed by atoms with E-state index in [-0.39, 0.29) is 18.0 Å². The molecule has 0 atom stereocenters. The van der Waals surface area contributed by atoms with Gasteiger partial charge in [0.2, 0.25) is 0 Å². The van der Waals surface area contributed by atoms with Gasteiger partial charge in [-0.3, -0.25) is 4.79 Å². The SMILES string of the molecule is COc1ccc(OCc2ccc(F)cc2)c(C(N)=O)c1. The number of methoxy groups -OCH3 is 1. The van der Waals surface area contributed by atoms with E-state index in [4.69, 9.17) is 15.2 Å². The highest BCUT2D eigenvalue weighted by atomic mass is 19.1. The lowest BCUT2D eigenvalue weighted by molar-refractivity contribution is 0.0995. The van der Waals surface area contributed by atoms with Crippen LogP contribution in [0.5, 0.6) is 11.5 Å². The molecule has 0 spiro atoms. The van der Waals surface area contributed by atoms with Gasteiger partial charge in [-0.05, 0) is 35.9 Å². The fourth-order valence-corrected chi connectivity index (χ4v) is 1.70. The van der Waals surface area contributed by atoms with E-state index in [1.165, 1.54) is 25.3 Å². The third-order valence-electron chi connectivity index (χ3n) is 2.76. The second kappa shape index (κ2) is 6.06. The Morgan fingerprint density at radius 2 is 1.90 bits per heavy atom. The highest BCUT2D eigenvalue weighted by Crippen LogP contribution is 2.24. The molecule has 0 saturated carbocycles. The Kier molecular flexibility index (Phi) is 4.20. The number of hydrogen-bond donors (Lipinski definition) is 1. The summed E-state index contributed by atoms with van der Waals surface area (Å²) in [5.74, 6) is -0.0235. The highest BCUT2D eigenvalue weighted by molar-refractivity contribution is 5.96. The van der Waals surface area contributed by atoms with Crippen LogP contribution in [0.15, 0.2) is 42.5 Å². The van der Waals surface area contributed by atoms with Crippen LogP contribution in [-0.4, -0.2) is 13.0 Å². The number of primary amides is 1. The number of hydrogen-bond acceptors (Lipinski definition) is 3. The normalized spacial score (nSPS) is 10.1. The molecule has 2 aromatic carbocycles. The first kappa shape index (κ1) is 13.9. The molecule has 0 aliphatic rings. The summed E-state index contributed by atoms with van der Waals surface area (Å²) in [6.45, 7) is 0.215. The standard InChI is InChI=1S/C15H14FNO3/c1-19-12-6-7-14(13(8-12)15(17)18)20-9-10-2-4-11(16)5-3-10/h2-8H,9H2,1H3,(H2,17,18). The summed E-state index contributed by atoms with van der Waals surface area (Å²) in [7, 11) is 1.50. The average molecular weight is 275 g/mol. The van der Waals surface area contributed by atoms with Crippen molar-refractivity contribution < 1.29 is 18.7 Å². The van der Waals surface area contributed by atoms with Gasteiger partial charge in [0.1, 0.15) is 23.9 Å². The third-order valence-corrected chi connectivity index (χ3v) is 2.76. The molecule has 1 amide bonds. The minimum atomic E-state index is -0.599. The lowest BCUT2D eigenvalue weighted by Crippen LogP contribution is -2.13. The van der Waals surface area contributed by atoms with Gasteiger partial charge in [0.05, 0.1) is 12.7 Å². The first-order valence-electron chi connectivity index (χ1n) is 5.95. The van der Waals surface area contributed by atoms with E-state index in [1.807, 2.05) is 0 Å². The van der Waals surface area contributed by atoms with Crippen molar-refractivity contribution in [2.45, 2.75) is 6.61 Å². The monoisotopic (exact) mass is 275 g/mol. The number of carbonyl (C=O) groups excluding carboxylic acids is 1. The Morgan fingerprint density at radius 3 is 2.50 bits per heavy atom. The van der Waals surface area contributed by atoms with Gasteiger partial charge in [0, 0.05) is 0 Å². The maximum absolute atomic E-state index is 12.8. The largest absolute Gasteiger partial charge is 0.497 e. The number of ether oxygens (including phenoxy) is 2. The van der Waals surface area contributed by atoms with Crippen LogP contribution in [0.25, 0.3) is 0 Å². The van der Waals surface area contributed by atoms with E-state index in [0.717, 1.165) is 5.56 Å². The van der Waals surface area contributed by atoms with Gasteiger partial charge >= 0.3 is 0 Å². The summed E-state index contributed by atoms with van der Waals surface area (Å²) in [5, 5.41) is 0. The fraction of sp³-hybridized carbons (Fsp3) is 0.133. The van der Waals surface area contributed by atoms with Crippen molar-refractivity contribution in [3.63, 3.8) is 0 Å². The van der Waals surface area contributed by atoms with E-state index in [9.17, 15) is 9.18 Å². The van der Waals surface area contributed by atoms with Crippen LogP contribution in [0.1, 0.15) is 15.9 Å². The van der Waals surface area contributed by atoms with E-state index in [2.05, 4.69) is 0 Å². The van der Waals surface area contributed by atoms with Crippen LogP contribution in [0.4, 0.5) is 4.39 Å². The van der Waals surface area contributed by atoms with Gasteiger partial charge in [-0.15, -0.1) is 0 Å². The number of halogens is 1. The predicted molar refractivity (Wildman–Crippen MR) is 72.2 cm³/mol. The molecule has 0 aliphatic carbocycles. The molecule has 0 aliphatic heterocycles. The third kappa shape index (κ3) is 3.26. The Bertz CT molecular complexity index is 611. The maximum Gasteiger partial charge on any atom is 0.252 e. The summed E-state index contributed by atoms with van der Waals surface area (Å²) in [6, 6.07) is 10.7. The van der Waals surface area contributed by atoms with E-state index < -0.39 is 5.91 Å². The summed E-state index contributed by atoms with van der Waals surface area (Å²) in [5.41, 5.74) is 6.33. The number of nitrogens with two attached hydrogens (primary N) is 1. The molecule has 5 heteroatoms. The Morgan fingerprint density at radius 1 is 1.20 bits per heavy atom. The van der Waals surface area contributed by atoms with E-state index in [1.54, 1.807) is 24.3 Å². The molecule has 104 valence electrons. The molecule has 0 radical (unpaired) electrons. The molecule has 20 heavy (non-hydrogen) atoms. The van der Waals surface area contributed by atoms with Crippen molar-refractivity contribution >= 4 is 5.91 Å². The first-order valence-corrected chi connectivity index (χ1v) is 5.95. The Balaban J connectivity index is 2.16. The second-order valence-corrected chi connectivity index (χ2v) is 4.14. The van der Waals surface area contributed by atoms with Crippen LogP contribution in [0.3, 0.4) is 0 Å². The van der Waals surface area contributed by atoms with Gasteiger partial charge in [0.25, 0.3) is 5.91 Å². The van der Waals surface area contributed by atoms with Crippen LogP contribution < -0.4 is 15.2 Å². The molecule has 0 aromatic heterocycles. The zero-order valence-corrected chi connectivity index (χ0v) is 10.9. The van der Waals surface area contributed by atoms with Crippen LogP contribution >= 0.6 is 0 Å². The second-order valence-electron chi connectivity index (χ2n) is 4.14. The number of carbonyl (C=O) groups is 1. The number of rotatable bonds is 5. The maximum atomic E-state index is 12.8. The van der Waals surface area contributed by atoms with Gasteiger partial charge in [-0.25, -0.2) is 4.39 Å². The van der Waals surface area contributed by atoms with Crippen molar-refractivity contribution in [2.75, 3.05) is 7.11 Å². The lowest BCUT2D eigenvalue weighted by atomic mass is 10.1. The molecule has 0 bridgehead atoms. The fourth-order valence-electron chi connectivity index (χ4n) is 1.70. The molecular formula is C15H14FNO3. The topological polar surface area (TPSA) is 61.6 Å². The summed E-state index contributed by atoms with van der Waals surface area (Å²) in [4.78, 5) is 11.4. The van der Waals surface area contributed by atoms with E-state index >= 15 is 0 Å². The summed E-state index contributed by atoms with van der Waals surface area (Å²) >= 11 is 0. The van der Waals surface area contributed by atoms with Crippen LogP contribution in [-0.2, 0) is 6.61 Å². The average Bonchev–Trinajstić information content (AvgIpc) is 2.46. The van der Waals surface area contributed by atoms with Crippen molar-refractivity contribution in [3.05, 3.63) is 59.4 Å². The minimum Gasteiger partial charge on any atom is -0.497 e. The highest BCUT2D eigenvalue weighted by Gasteiger charge is 2.11. The minimum absolute atomic E-state index is 0.215. The quantitative estimate of drug-likeness (QED) is 0.912. The zero-order chi connectivity index (χ0) is 14.5. The van der Waals surface area contributed by atoms with Gasteiger partial charge in [-0.2, -0.15) is 0 Å². The van der Waals surface area contributed by atoms with Crippen molar-refractivity contribution in [3.8, 4) is 11.5 Å². The molecule has 4 nitrogen and oxygen atoms in total.